The number of hydrogen-bond acceptors (Lipinski definition) is 4. The number of ketones is 1. The van der Waals surface area contributed by atoms with Crippen molar-refractivity contribution in [3.05, 3.63) is 23.8 Å². The highest BCUT2D eigenvalue weighted by Crippen LogP contribution is 2.24. The Bertz CT molecular complexity index is 445. The van der Waals surface area contributed by atoms with Crippen molar-refractivity contribution in [3.8, 4) is 11.5 Å². The zero-order chi connectivity index (χ0) is 14.4. The van der Waals surface area contributed by atoms with E-state index in [1.807, 2.05) is 0 Å². The minimum atomic E-state index is -0.900. The number of carboxylic acids is 1. The van der Waals surface area contributed by atoms with Gasteiger partial charge < -0.3 is 14.6 Å². The molecule has 0 amide bonds. The first-order valence-electron chi connectivity index (χ1n) is 5.94. The second-order valence-corrected chi connectivity index (χ2v) is 4.43. The number of methoxy groups -OCH3 is 2. The van der Waals surface area contributed by atoms with Gasteiger partial charge in [0.05, 0.1) is 14.2 Å². The van der Waals surface area contributed by atoms with Gasteiger partial charge in [0.15, 0.2) is 5.78 Å². The summed E-state index contributed by atoms with van der Waals surface area (Å²) in [6.07, 6.45) is 0.162. The molecule has 0 aromatic heterocycles. The van der Waals surface area contributed by atoms with Crippen LogP contribution in [0.15, 0.2) is 18.2 Å². The van der Waals surface area contributed by atoms with Crippen molar-refractivity contribution < 1.29 is 24.2 Å². The van der Waals surface area contributed by atoms with Gasteiger partial charge in [-0.3, -0.25) is 9.59 Å². The highest BCUT2D eigenvalue weighted by molar-refractivity contribution is 5.97. The fourth-order valence-electron chi connectivity index (χ4n) is 1.77. The Hall–Kier alpha value is -2.04. The van der Waals surface area contributed by atoms with Gasteiger partial charge in [-0.1, -0.05) is 6.92 Å². The SMILES string of the molecule is COc1cc(OC)cc(C(=O)C[C@@H](C)CC(=O)O)c1. The lowest BCUT2D eigenvalue weighted by Crippen LogP contribution is -2.10. The molecule has 19 heavy (non-hydrogen) atoms. The predicted octanol–water partition coefficient (Wildman–Crippen LogP) is 2.39. The summed E-state index contributed by atoms with van der Waals surface area (Å²) in [4.78, 5) is 22.6. The van der Waals surface area contributed by atoms with Gasteiger partial charge in [-0.2, -0.15) is 0 Å². The van der Waals surface area contributed by atoms with Crippen LogP contribution >= 0.6 is 0 Å². The molecule has 0 spiro atoms. The minimum Gasteiger partial charge on any atom is -0.497 e. The average Bonchev–Trinajstić information content (AvgIpc) is 2.36. The normalized spacial score (nSPS) is 11.7. The fraction of sp³-hybridized carbons (Fsp3) is 0.429. The van der Waals surface area contributed by atoms with Crippen LogP contribution in [0.5, 0.6) is 11.5 Å². The molecule has 0 bridgehead atoms. The third-order valence-electron chi connectivity index (χ3n) is 2.73. The number of rotatable bonds is 7. The van der Waals surface area contributed by atoms with Crippen molar-refractivity contribution >= 4 is 11.8 Å². The van der Waals surface area contributed by atoms with Crippen LogP contribution in [0.3, 0.4) is 0 Å². The maximum Gasteiger partial charge on any atom is 0.303 e. The number of carbonyl (C=O) groups is 2. The standard InChI is InChI=1S/C14H18O5/c1-9(5-14(16)17)4-13(15)10-6-11(18-2)8-12(7-10)19-3/h6-9H,4-5H2,1-3H3,(H,16,17)/t9-/m1/s1. The number of ether oxygens (including phenoxy) is 2. The Labute approximate surface area is 112 Å². The largest absolute Gasteiger partial charge is 0.497 e. The summed E-state index contributed by atoms with van der Waals surface area (Å²) in [5, 5.41) is 8.68. The maximum atomic E-state index is 12.1. The lowest BCUT2D eigenvalue weighted by atomic mass is 9.97. The first kappa shape index (κ1) is 15.0. The van der Waals surface area contributed by atoms with Crippen LogP contribution in [0.1, 0.15) is 30.1 Å². The van der Waals surface area contributed by atoms with Crippen LogP contribution in [-0.4, -0.2) is 31.1 Å². The molecule has 0 unspecified atom stereocenters. The van der Waals surface area contributed by atoms with Crippen LogP contribution in [-0.2, 0) is 4.79 Å². The monoisotopic (exact) mass is 266 g/mol. The summed E-state index contributed by atoms with van der Waals surface area (Å²) in [5.74, 6) is -0.154. The van der Waals surface area contributed by atoms with E-state index in [2.05, 4.69) is 0 Å². The third kappa shape index (κ3) is 4.62. The van der Waals surface area contributed by atoms with Gasteiger partial charge in [0.2, 0.25) is 0 Å². The average molecular weight is 266 g/mol. The molecular weight excluding hydrogens is 248 g/mol. The first-order valence-corrected chi connectivity index (χ1v) is 5.94. The molecule has 0 aliphatic rings. The Kier molecular flexibility index (Phi) is 5.36. The summed E-state index contributed by atoms with van der Waals surface area (Å²) in [6.45, 7) is 1.74. The number of hydrogen-bond donors (Lipinski definition) is 1. The molecule has 1 aromatic rings. The number of carbonyl (C=O) groups excluding carboxylic acids is 1. The maximum absolute atomic E-state index is 12.1. The van der Waals surface area contributed by atoms with Gasteiger partial charge >= 0.3 is 5.97 Å². The van der Waals surface area contributed by atoms with Crippen LogP contribution in [0.25, 0.3) is 0 Å². The van der Waals surface area contributed by atoms with E-state index in [-0.39, 0.29) is 24.5 Å². The Morgan fingerprint density at radius 1 is 1.11 bits per heavy atom. The van der Waals surface area contributed by atoms with Crippen molar-refractivity contribution in [2.24, 2.45) is 5.92 Å². The van der Waals surface area contributed by atoms with Crippen LogP contribution in [0.2, 0.25) is 0 Å². The smallest absolute Gasteiger partial charge is 0.303 e. The summed E-state index contributed by atoms with van der Waals surface area (Å²) in [5.41, 5.74) is 0.466. The number of carboxylic acid groups (broad SMARTS) is 1. The molecule has 1 N–H and O–H groups in total. The molecule has 5 nitrogen and oxygen atoms in total. The van der Waals surface area contributed by atoms with E-state index in [4.69, 9.17) is 14.6 Å². The molecule has 5 heteroatoms. The first-order chi connectivity index (χ1) is 8.96. The lowest BCUT2D eigenvalue weighted by molar-refractivity contribution is -0.137. The minimum absolute atomic E-state index is 0.0210. The fourth-order valence-corrected chi connectivity index (χ4v) is 1.77. The van der Waals surface area contributed by atoms with Crippen molar-refractivity contribution in [2.45, 2.75) is 19.8 Å². The highest BCUT2D eigenvalue weighted by atomic mass is 16.5. The summed E-state index contributed by atoms with van der Waals surface area (Å²) >= 11 is 0. The van der Waals surface area contributed by atoms with Gasteiger partial charge in [-0.15, -0.1) is 0 Å². The quantitative estimate of drug-likeness (QED) is 0.767. The Morgan fingerprint density at radius 3 is 2.05 bits per heavy atom. The van der Waals surface area contributed by atoms with Crippen LogP contribution in [0, 0.1) is 5.92 Å². The number of Topliss-reactive ketones (excluding diaryl/α,β-unsaturated/α-hetero) is 1. The second kappa shape index (κ2) is 6.78. The van der Waals surface area contributed by atoms with Gasteiger partial charge in [0.1, 0.15) is 11.5 Å². The molecule has 0 aliphatic carbocycles. The molecule has 1 aromatic carbocycles. The molecule has 104 valence electrons. The summed E-state index contributed by atoms with van der Waals surface area (Å²) in [7, 11) is 3.02. The van der Waals surface area contributed by atoms with Crippen molar-refractivity contribution in [2.75, 3.05) is 14.2 Å². The van der Waals surface area contributed by atoms with Crippen molar-refractivity contribution in [1.29, 1.82) is 0 Å². The Morgan fingerprint density at radius 2 is 1.63 bits per heavy atom. The van der Waals surface area contributed by atoms with E-state index in [0.717, 1.165) is 0 Å². The van der Waals surface area contributed by atoms with Gasteiger partial charge in [-0.25, -0.2) is 0 Å². The molecule has 1 rings (SSSR count). The van der Waals surface area contributed by atoms with Crippen LogP contribution in [0.4, 0.5) is 0 Å². The molecular formula is C14H18O5. The molecule has 0 heterocycles. The van der Waals surface area contributed by atoms with Gasteiger partial charge in [-0.05, 0) is 18.1 Å². The predicted molar refractivity (Wildman–Crippen MR) is 69.9 cm³/mol. The summed E-state index contributed by atoms with van der Waals surface area (Å²) < 4.78 is 10.2. The molecule has 0 radical (unpaired) electrons. The summed E-state index contributed by atoms with van der Waals surface area (Å²) in [6, 6.07) is 4.92. The number of aliphatic carboxylic acids is 1. The van der Waals surface area contributed by atoms with Gasteiger partial charge in [0.25, 0.3) is 0 Å². The zero-order valence-corrected chi connectivity index (χ0v) is 11.3. The molecule has 0 saturated heterocycles. The van der Waals surface area contributed by atoms with Gasteiger partial charge in [0, 0.05) is 24.5 Å². The van der Waals surface area contributed by atoms with E-state index in [1.54, 1.807) is 25.1 Å². The lowest BCUT2D eigenvalue weighted by Gasteiger charge is -2.10. The molecule has 0 fully saturated rings. The molecule has 1 atom stereocenters. The zero-order valence-electron chi connectivity index (χ0n) is 11.3. The second-order valence-electron chi connectivity index (χ2n) is 4.43. The van der Waals surface area contributed by atoms with E-state index in [9.17, 15) is 9.59 Å². The number of benzene rings is 1. The van der Waals surface area contributed by atoms with E-state index in [1.165, 1.54) is 14.2 Å². The highest BCUT2D eigenvalue weighted by Gasteiger charge is 2.15. The van der Waals surface area contributed by atoms with Crippen molar-refractivity contribution in [1.82, 2.24) is 0 Å². The van der Waals surface area contributed by atoms with E-state index >= 15 is 0 Å². The van der Waals surface area contributed by atoms with Crippen LogP contribution < -0.4 is 9.47 Å². The third-order valence-corrected chi connectivity index (χ3v) is 2.73. The van der Waals surface area contributed by atoms with E-state index < -0.39 is 5.97 Å². The molecule has 0 saturated carbocycles. The topological polar surface area (TPSA) is 72.8 Å². The van der Waals surface area contributed by atoms with Crippen molar-refractivity contribution in [3.63, 3.8) is 0 Å². The van der Waals surface area contributed by atoms with E-state index in [0.29, 0.717) is 17.1 Å². The molecule has 0 aliphatic heterocycles. The Balaban J connectivity index is 2.83.